The lowest BCUT2D eigenvalue weighted by atomic mass is 10.2. The molecule has 1 aromatic heterocycles. The predicted octanol–water partition coefficient (Wildman–Crippen LogP) is 1.87. The van der Waals surface area contributed by atoms with Gasteiger partial charge in [0.05, 0.1) is 5.69 Å². The molecule has 0 amide bonds. The first-order valence-electron chi connectivity index (χ1n) is 4.63. The van der Waals surface area contributed by atoms with E-state index >= 15 is 0 Å². The first kappa shape index (κ1) is 11.9. The van der Waals surface area contributed by atoms with Crippen LogP contribution in [0.15, 0.2) is 18.5 Å². The lowest BCUT2D eigenvalue weighted by Crippen LogP contribution is -2.05. The summed E-state index contributed by atoms with van der Waals surface area (Å²) in [4.78, 5) is 4.07. The molecular formula is C10H19N3. The highest BCUT2D eigenvalue weighted by atomic mass is 14.9. The van der Waals surface area contributed by atoms with Crippen LogP contribution in [0, 0.1) is 0 Å². The Morgan fingerprint density at radius 3 is 2.46 bits per heavy atom. The van der Waals surface area contributed by atoms with E-state index in [1.165, 1.54) is 5.56 Å². The highest BCUT2D eigenvalue weighted by molar-refractivity contribution is 5.41. The fraction of sp³-hybridized carbons (Fsp3) is 0.500. The molecule has 0 saturated carbocycles. The lowest BCUT2D eigenvalue weighted by molar-refractivity contribution is 0.813. The van der Waals surface area contributed by atoms with E-state index in [-0.39, 0.29) is 0 Å². The van der Waals surface area contributed by atoms with E-state index in [1.54, 1.807) is 6.20 Å². The Balaban J connectivity index is 0.000000671. The molecule has 0 radical (unpaired) electrons. The molecule has 0 atom stereocenters. The maximum absolute atomic E-state index is 4.07. The van der Waals surface area contributed by atoms with Gasteiger partial charge in [-0.05, 0) is 18.7 Å². The van der Waals surface area contributed by atoms with Crippen molar-refractivity contribution in [2.75, 3.05) is 19.4 Å². The zero-order valence-electron chi connectivity index (χ0n) is 8.89. The van der Waals surface area contributed by atoms with Gasteiger partial charge < -0.3 is 10.6 Å². The van der Waals surface area contributed by atoms with E-state index in [0.29, 0.717) is 0 Å². The third-order valence-corrected chi connectivity index (χ3v) is 1.46. The van der Waals surface area contributed by atoms with E-state index in [2.05, 4.69) is 21.7 Å². The lowest BCUT2D eigenvalue weighted by Gasteiger charge is -2.02. The Labute approximate surface area is 80.6 Å². The molecule has 0 bridgehead atoms. The van der Waals surface area contributed by atoms with E-state index in [9.17, 15) is 0 Å². The van der Waals surface area contributed by atoms with Gasteiger partial charge in [0.1, 0.15) is 0 Å². The van der Waals surface area contributed by atoms with Crippen LogP contribution in [0.4, 0.5) is 5.69 Å². The van der Waals surface area contributed by atoms with Gasteiger partial charge >= 0.3 is 0 Å². The van der Waals surface area contributed by atoms with Crippen LogP contribution in [0.5, 0.6) is 0 Å². The Bertz CT molecular complexity index is 223. The van der Waals surface area contributed by atoms with Gasteiger partial charge in [0.15, 0.2) is 0 Å². The minimum Gasteiger partial charge on any atom is -0.387 e. The maximum Gasteiger partial charge on any atom is 0.0527 e. The van der Waals surface area contributed by atoms with Crippen molar-refractivity contribution < 1.29 is 0 Å². The van der Waals surface area contributed by atoms with E-state index in [1.807, 2.05) is 34.1 Å². The number of nitrogens with zero attached hydrogens (tertiary/aromatic N) is 1. The Kier molecular flexibility index (Phi) is 6.92. The number of anilines is 1. The standard InChI is InChI=1S/C8H13N3.C2H6/c1-9-4-7-3-8(10-2)6-11-5-7;1-2/h3,5-6,9-10H,4H2,1-2H3;1-2H3. The summed E-state index contributed by atoms with van der Waals surface area (Å²) in [6.45, 7) is 4.86. The number of pyridine rings is 1. The van der Waals surface area contributed by atoms with Gasteiger partial charge in [-0.15, -0.1) is 0 Å². The number of aromatic nitrogens is 1. The van der Waals surface area contributed by atoms with Crippen molar-refractivity contribution in [3.8, 4) is 0 Å². The quantitative estimate of drug-likeness (QED) is 0.747. The van der Waals surface area contributed by atoms with Crippen LogP contribution in [-0.2, 0) is 6.54 Å². The molecule has 74 valence electrons. The molecule has 0 unspecified atom stereocenters. The van der Waals surface area contributed by atoms with E-state index < -0.39 is 0 Å². The maximum atomic E-state index is 4.07. The smallest absolute Gasteiger partial charge is 0.0527 e. The molecule has 0 saturated heterocycles. The number of rotatable bonds is 3. The third-order valence-electron chi connectivity index (χ3n) is 1.46. The molecule has 1 aromatic rings. The van der Waals surface area contributed by atoms with Crippen LogP contribution in [0.1, 0.15) is 19.4 Å². The molecule has 0 fully saturated rings. The van der Waals surface area contributed by atoms with Crippen LogP contribution in [-0.4, -0.2) is 19.1 Å². The van der Waals surface area contributed by atoms with Crippen molar-refractivity contribution in [2.24, 2.45) is 0 Å². The molecule has 0 aliphatic rings. The minimum atomic E-state index is 0.864. The molecule has 1 rings (SSSR count). The average Bonchev–Trinajstić information content (AvgIpc) is 2.22. The predicted molar refractivity (Wildman–Crippen MR) is 57.9 cm³/mol. The van der Waals surface area contributed by atoms with Gasteiger partial charge in [0.2, 0.25) is 0 Å². The van der Waals surface area contributed by atoms with Crippen LogP contribution >= 0.6 is 0 Å². The van der Waals surface area contributed by atoms with Crippen molar-refractivity contribution in [1.82, 2.24) is 10.3 Å². The summed E-state index contributed by atoms with van der Waals surface area (Å²) in [5.74, 6) is 0. The van der Waals surface area contributed by atoms with E-state index in [0.717, 1.165) is 12.2 Å². The summed E-state index contributed by atoms with van der Waals surface area (Å²) < 4.78 is 0. The van der Waals surface area contributed by atoms with Crippen molar-refractivity contribution in [1.29, 1.82) is 0 Å². The normalized spacial score (nSPS) is 8.62. The number of hydrogen-bond donors (Lipinski definition) is 2. The molecule has 13 heavy (non-hydrogen) atoms. The summed E-state index contributed by atoms with van der Waals surface area (Å²) in [6.07, 6.45) is 3.66. The van der Waals surface area contributed by atoms with Crippen LogP contribution in [0.3, 0.4) is 0 Å². The Hall–Kier alpha value is -1.09. The second kappa shape index (κ2) is 7.55. The Morgan fingerprint density at radius 2 is 1.92 bits per heavy atom. The van der Waals surface area contributed by atoms with Crippen molar-refractivity contribution >= 4 is 5.69 Å². The Morgan fingerprint density at radius 1 is 1.23 bits per heavy atom. The van der Waals surface area contributed by atoms with Crippen LogP contribution in [0.25, 0.3) is 0 Å². The first-order chi connectivity index (χ1) is 6.36. The van der Waals surface area contributed by atoms with Gasteiger partial charge in [0, 0.05) is 26.0 Å². The van der Waals surface area contributed by atoms with Crippen LogP contribution < -0.4 is 10.6 Å². The van der Waals surface area contributed by atoms with Gasteiger partial charge in [0.25, 0.3) is 0 Å². The van der Waals surface area contributed by atoms with Gasteiger partial charge in [-0.2, -0.15) is 0 Å². The van der Waals surface area contributed by atoms with Gasteiger partial charge in [-0.3, -0.25) is 4.98 Å². The number of nitrogens with one attached hydrogen (secondary N) is 2. The fourth-order valence-corrected chi connectivity index (χ4v) is 0.925. The van der Waals surface area contributed by atoms with E-state index in [4.69, 9.17) is 0 Å². The van der Waals surface area contributed by atoms with Crippen LogP contribution in [0.2, 0.25) is 0 Å². The fourth-order valence-electron chi connectivity index (χ4n) is 0.925. The summed E-state index contributed by atoms with van der Waals surface area (Å²) in [5, 5.41) is 6.10. The largest absolute Gasteiger partial charge is 0.387 e. The zero-order chi connectivity index (χ0) is 10.1. The first-order valence-corrected chi connectivity index (χ1v) is 4.63. The molecule has 0 aromatic carbocycles. The molecule has 1 heterocycles. The summed E-state index contributed by atoms with van der Waals surface area (Å²) in [5.41, 5.74) is 2.25. The van der Waals surface area contributed by atoms with Gasteiger partial charge in [-0.25, -0.2) is 0 Å². The average molecular weight is 181 g/mol. The summed E-state index contributed by atoms with van der Waals surface area (Å²) in [7, 11) is 3.81. The molecular weight excluding hydrogens is 162 g/mol. The SMILES string of the molecule is CC.CNCc1cncc(NC)c1. The summed E-state index contributed by atoms with van der Waals surface area (Å²) in [6, 6.07) is 2.07. The second-order valence-electron chi connectivity index (χ2n) is 2.36. The monoisotopic (exact) mass is 181 g/mol. The molecule has 0 aliphatic heterocycles. The zero-order valence-corrected chi connectivity index (χ0v) is 8.89. The highest BCUT2D eigenvalue weighted by Crippen LogP contribution is 2.06. The second-order valence-corrected chi connectivity index (χ2v) is 2.36. The molecule has 0 aliphatic carbocycles. The van der Waals surface area contributed by atoms with Crippen molar-refractivity contribution in [3.63, 3.8) is 0 Å². The highest BCUT2D eigenvalue weighted by Gasteiger charge is 1.92. The van der Waals surface area contributed by atoms with Crippen molar-refractivity contribution in [3.05, 3.63) is 24.0 Å². The van der Waals surface area contributed by atoms with Crippen molar-refractivity contribution in [2.45, 2.75) is 20.4 Å². The van der Waals surface area contributed by atoms with Gasteiger partial charge in [-0.1, -0.05) is 13.8 Å². The molecule has 3 heteroatoms. The minimum absolute atomic E-state index is 0.864. The molecule has 0 spiro atoms. The summed E-state index contributed by atoms with van der Waals surface area (Å²) >= 11 is 0. The number of hydrogen-bond acceptors (Lipinski definition) is 3. The molecule has 3 nitrogen and oxygen atoms in total. The topological polar surface area (TPSA) is 37.0 Å². The third kappa shape index (κ3) is 4.48. The molecule has 2 N–H and O–H groups in total.